The van der Waals surface area contributed by atoms with E-state index >= 15 is 0 Å². The molecule has 0 spiro atoms. The van der Waals surface area contributed by atoms with Gasteiger partial charge in [0.2, 0.25) is 0 Å². The van der Waals surface area contributed by atoms with Crippen molar-refractivity contribution >= 4 is 127 Å². The van der Waals surface area contributed by atoms with Crippen molar-refractivity contribution < 1.29 is 54.8 Å². The summed E-state index contributed by atoms with van der Waals surface area (Å²) in [5, 5.41) is 0.0874. The van der Waals surface area contributed by atoms with Crippen LogP contribution in [0.1, 0.15) is 65.3 Å². The van der Waals surface area contributed by atoms with E-state index in [0.29, 0.717) is 0 Å². The van der Waals surface area contributed by atoms with Crippen molar-refractivity contribution in [2.75, 3.05) is 33.1 Å². The van der Waals surface area contributed by atoms with E-state index in [0.717, 1.165) is 63.4 Å². The Kier molecular flexibility index (Phi) is 32.1. The summed E-state index contributed by atoms with van der Waals surface area (Å²) >= 11 is 21.5. The second-order valence-corrected chi connectivity index (χ2v) is 29.4. The van der Waals surface area contributed by atoms with Gasteiger partial charge in [-0.3, -0.25) is 0 Å². The number of nitrogens with zero attached hydrogens (tertiary/aromatic N) is 2. The van der Waals surface area contributed by atoms with Crippen molar-refractivity contribution in [1.82, 2.24) is 0 Å². The molecule has 0 radical (unpaired) electrons. The molecule has 12 rings (SSSR count). The summed E-state index contributed by atoms with van der Waals surface area (Å²) in [6.45, 7) is 15.6. The van der Waals surface area contributed by atoms with E-state index in [2.05, 4.69) is 294 Å². The van der Waals surface area contributed by atoms with E-state index in [9.17, 15) is 0 Å². The molecule has 0 aromatic heterocycles. The molecule has 0 saturated heterocycles. The van der Waals surface area contributed by atoms with Crippen molar-refractivity contribution in [3.05, 3.63) is 378 Å². The van der Waals surface area contributed by atoms with E-state index in [-0.39, 0.29) is 21.8 Å². The van der Waals surface area contributed by atoms with Gasteiger partial charge in [-0.2, -0.15) is 36.0 Å². The fourth-order valence-corrected chi connectivity index (χ4v) is 12.8. The maximum atomic E-state index is 8.49. The van der Waals surface area contributed by atoms with Crippen LogP contribution in [0.2, 0.25) is 5.31 Å². The van der Waals surface area contributed by atoms with Gasteiger partial charge in [-0.1, -0.05) is 304 Å². The molecule has 0 unspecified atom stereocenters. The van der Waals surface area contributed by atoms with Gasteiger partial charge in [-0.15, -0.1) is 15.6 Å². The number of benzene rings is 12. The first kappa shape index (κ1) is 82.4. The molecule has 0 fully saturated rings. The topological polar surface area (TPSA) is 99.9 Å². The zero-order valence-electron chi connectivity index (χ0n) is 59.7. The molecular weight excluding hydrogens is 1400 g/mol. The molecule has 0 saturated carbocycles. The van der Waals surface area contributed by atoms with Crippen LogP contribution in [-0.2, 0) is 67.0 Å². The maximum absolute atomic E-state index is 8.49. The van der Waals surface area contributed by atoms with Gasteiger partial charge in [0.05, 0.1) is 34.3 Å². The number of anilines is 3. The average molecular weight is 1490 g/mol. The minimum Gasteiger partial charge on any atom is -0.781 e. The van der Waals surface area contributed by atoms with E-state index in [1.165, 1.54) is 60.6 Å². The van der Waals surface area contributed by atoms with Crippen molar-refractivity contribution in [2.45, 2.75) is 53.8 Å². The number of halogens is 1. The van der Waals surface area contributed by atoms with Crippen LogP contribution in [0.4, 0.5) is 34.1 Å². The van der Waals surface area contributed by atoms with E-state index in [4.69, 9.17) is 69.2 Å². The third-order valence-electron chi connectivity index (χ3n) is 16.4. The Bertz CT molecular complexity index is 3940. The number of rotatable bonds is 13. The number of nitrogens with one attached hydrogen (secondary N) is 1. The first-order valence-electron chi connectivity index (χ1n) is 33.3. The summed E-state index contributed by atoms with van der Waals surface area (Å²) in [6, 6.07) is 117. The van der Waals surface area contributed by atoms with Crippen LogP contribution in [0.25, 0.3) is 19.6 Å². The monoisotopic (exact) mass is 1480 g/mol. The van der Waals surface area contributed by atoms with Crippen molar-refractivity contribution in [2.24, 2.45) is 0 Å². The molecule has 0 bridgehead atoms. The molecule has 0 heterocycles. The van der Waals surface area contributed by atoms with Crippen LogP contribution < -0.4 is 44.8 Å². The predicted octanol–water partition coefficient (Wildman–Crippen LogP) is 15.3. The second-order valence-electron chi connectivity index (χ2n) is 27.0. The molecule has 12 aromatic rings. The molecule has 0 aliphatic carbocycles. The third-order valence-corrected chi connectivity index (χ3v) is 18.5. The van der Waals surface area contributed by atoms with Gasteiger partial charge in [0.15, 0.2) is 0 Å². The van der Waals surface area contributed by atoms with Gasteiger partial charge in [0.1, 0.15) is 17.1 Å². The summed E-state index contributed by atoms with van der Waals surface area (Å²) in [6.07, 6.45) is -1.06. The van der Waals surface area contributed by atoms with Crippen LogP contribution in [-0.4, -0.2) is 38.8 Å². The first-order chi connectivity index (χ1) is 48.1. The Morgan fingerprint density at radius 1 is 0.314 bits per heavy atom. The summed E-state index contributed by atoms with van der Waals surface area (Å²) in [5.74, 6) is 0. The Morgan fingerprint density at radius 2 is 0.480 bits per heavy atom. The Hall–Kier alpha value is -8.59. The van der Waals surface area contributed by atoms with Gasteiger partial charge in [0, 0.05) is 70.0 Å². The minimum atomic E-state index is -4.94. The van der Waals surface area contributed by atoms with Gasteiger partial charge in [0.25, 0.3) is 0 Å². The van der Waals surface area contributed by atoms with Gasteiger partial charge >= 0.3 is 0 Å². The maximum Gasteiger partial charge on any atom is 0.141 e. The second kappa shape index (κ2) is 39.7. The largest absolute Gasteiger partial charge is 0.781 e. The normalized spacial score (nSPS) is 11.6. The third kappa shape index (κ3) is 25.1. The molecule has 0 aliphatic rings. The molecule has 0 amide bonds. The number of quaternary nitrogens is 2. The average Bonchev–Trinajstić information content (AvgIpc) is 0.729. The number of aryl methyl sites for hydroxylation is 4. The SMILES string of the molecule is CC(C)(C)[B-](c1ccccc1)(c1ccccc1)c1ccccc1.C[N+](C)(C)C.Cc1ccc(N(c2ccc(C)cc2)c2ccc([NH+](c3ccc(C)cc3)c3ccc(C)cc3)cc2)cc1.[Ni].[O-][Cl+3]([O-])([O-])[O-].[S-]C(=C([S-])c1ccccc1)c1ccccc1.[S-]C(=C([S-])c1ccccc1)c1ccccc1. The van der Waals surface area contributed by atoms with Crippen LogP contribution in [0.3, 0.4) is 0 Å². The molecule has 528 valence electrons. The quantitative estimate of drug-likeness (QED) is 0.0524. The van der Waals surface area contributed by atoms with Crippen molar-refractivity contribution in [1.29, 1.82) is 0 Å². The smallest absolute Gasteiger partial charge is 0.141 e. The summed E-state index contributed by atoms with van der Waals surface area (Å²) in [4.78, 5) is 6.52. The Balaban J connectivity index is 0.000000214. The molecule has 7 nitrogen and oxygen atoms in total. The van der Waals surface area contributed by atoms with Crippen molar-refractivity contribution in [3.63, 3.8) is 0 Å². The zero-order chi connectivity index (χ0) is 73.2. The molecule has 14 heteroatoms. The number of hydrogen-bond acceptors (Lipinski definition) is 9. The van der Waals surface area contributed by atoms with E-state index < -0.39 is 16.4 Å². The zero-order valence-corrected chi connectivity index (χ0v) is 64.7. The summed E-state index contributed by atoms with van der Waals surface area (Å²) in [7, 11) is 3.56. The standard InChI is InChI=1S/C34H32N2.C22H24B.2C14H12S2.C4H12N.ClHO4.Ni/c1-25-5-13-29(14-6-25)35(30-15-7-26(2)8-16-30)33-21-23-34(24-22-33)36(31-17-9-27(3)10-18-31)32-19-11-28(4)12-20-32;1-22(2,3)23(19-13-7-4-8-14-19,20-15-9-5-10-16-20)21-17-11-6-12-18-21;2*15-13(11-7-3-1-4-8-11)14(16)12-9-5-2-6-10-12;1-5(2,3)4;2-1(3,4)5;/h5-24H,1-4H3;4-18H,1-3H3;2*1-10,15-16H;1-4H3;(H,2,3,4,5);/q;-1;;;+1;;/p-4. The fourth-order valence-electron chi connectivity index (χ4n) is 11.7. The Morgan fingerprint density at radius 3 is 0.676 bits per heavy atom. The molecular formula is C88H89BClN3NiO4S4-4. The van der Waals surface area contributed by atoms with E-state index in [1.54, 1.807) is 0 Å². The van der Waals surface area contributed by atoms with Gasteiger partial charge in [-0.25, -0.2) is 23.5 Å². The van der Waals surface area contributed by atoms with E-state index in [1.807, 2.05) is 121 Å². The molecule has 102 heavy (non-hydrogen) atoms. The van der Waals surface area contributed by atoms with Crippen LogP contribution in [0, 0.1) is 37.9 Å². The minimum absolute atomic E-state index is 0. The summed E-state index contributed by atoms with van der Waals surface area (Å²) < 4.78 is 35.0. The van der Waals surface area contributed by atoms with Crippen molar-refractivity contribution in [3.8, 4) is 0 Å². The Labute approximate surface area is 641 Å². The van der Waals surface area contributed by atoms with Crippen LogP contribution in [0.15, 0.2) is 334 Å². The molecule has 1 N–H and O–H groups in total. The van der Waals surface area contributed by atoms with Gasteiger partial charge in [-0.05, 0) is 86.3 Å². The summed E-state index contributed by atoms with van der Waals surface area (Å²) in [5.41, 5.74) is 20.4. The van der Waals surface area contributed by atoms with Crippen LogP contribution in [0.5, 0.6) is 0 Å². The molecule has 0 aliphatic heterocycles. The predicted molar refractivity (Wildman–Crippen MR) is 429 cm³/mol. The fraction of sp³-hybridized carbons (Fsp3) is 0.136. The first-order valence-corrected chi connectivity index (χ1v) is 36.1. The number of hydrogen-bond donors (Lipinski definition) is 1. The molecule has 12 aromatic carbocycles. The van der Waals surface area contributed by atoms with Crippen LogP contribution >= 0.6 is 0 Å². The van der Waals surface area contributed by atoms with Gasteiger partial charge < -0.3 is 59.9 Å². The molecule has 0 atom stereocenters.